The molecule has 0 spiro atoms. The normalized spacial score (nSPS) is 15.0. The Labute approximate surface area is 91.8 Å². The third-order valence-corrected chi connectivity index (χ3v) is 2.03. The Kier molecular flexibility index (Phi) is 2.86. The lowest BCUT2D eigenvalue weighted by atomic mass is 10.1. The zero-order valence-corrected chi connectivity index (χ0v) is 8.28. The van der Waals surface area contributed by atoms with Gasteiger partial charge < -0.3 is 9.47 Å². The first-order chi connectivity index (χ1) is 7.75. The molecular formula is C11H9NO4. The summed E-state index contributed by atoms with van der Waals surface area (Å²) in [6.45, 7) is 0. The summed E-state index contributed by atoms with van der Waals surface area (Å²) >= 11 is 0. The number of hydrogen-bond acceptors (Lipinski definition) is 4. The molecule has 0 saturated carbocycles. The molecule has 0 radical (unpaired) electrons. The zero-order chi connectivity index (χ0) is 11.4. The number of rotatable bonds is 3. The first-order valence-electron chi connectivity index (χ1n) is 4.63. The maximum absolute atomic E-state index is 10.2. The molecule has 0 amide bonds. The summed E-state index contributed by atoms with van der Waals surface area (Å²) in [4.78, 5) is 9.67. The van der Waals surface area contributed by atoms with Gasteiger partial charge >= 0.3 is 0 Å². The molecular weight excluding hydrogens is 210 g/mol. The van der Waals surface area contributed by atoms with Crippen molar-refractivity contribution in [2.45, 2.75) is 6.29 Å². The van der Waals surface area contributed by atoms with Crippen LogP contribution in [0.25, 0.3) is 6.08 Å². The molecule has 2 rings (SSSR count). The standard InChI is InChI=1S/C11H9NO4/c13-12(14)5-4-9-2-1-3-10(8-9)11-15-6-7-16-11/h1-8,11H. The van der Waals surface area contributed by atoms with Crippen LogP contribution in [0, 0.1) is 10.1 Å². The van der Waals surface area contributed by atoms with Crippen LogP contribution in [0.15, 0.2) is 43.0 Å². The van der Waals surface area contributed by atoms with Crippen molar-refractivity contribution in [1.82, 2.24) is 0 Å². The van der Waals surface area contributed by atoms with Crippen LogP contribution >= 0.6 is 0 Å². The van der Waals surface area contributed by atoms with Gasteiger partial charge in [-0.25, -0.2) is 0 Å². The highest BCUT2D eigenvalue weighted by molar-refractivity contribution is 5.49. The van der Waals surface area contributed by atoms with Gasteiger partial charge in [0.15, 0.2) is 0 Å². The molecule has 1 aromatic carbocycles. The second kappa shape index (κ2) is 4.48. The Balaban J connectivity index is 2.16. The van der Waals surface area contributed by atoms with Crippen molar-refractivity contribution in [2.75, 3.05) is 0 Å². The summed E-state index contributed by atoms with van der Waals surface area (Å²) in [5.74, 6) is 0. The quantitative estimate of drug-likeness (QED) is 0.578. The van der Waals surface area contributed by atoms with Gasteiger partial charge in [0.2, 0.25) is 6.20 Å². The summed E-state index contributed by atoms with van der Waals surface area (Å²) in [5, 5.41) is 10.2. The fraction of sp³-hybridized carbons (Fsp3) is 0.0909. The van der Waals surface area contributed by atoms with Crippen LogP contribution in [-0.2, 0) is 9.47 Å². The average Bonchev–Trinajstić information content (AvgIpc) is 2.80. The van der Waals surface area contributed by atoms with Gasteiger partial charge in [0.25, 0.3) is 6.29 Å². The number of ether oxygens (including phenoxy) is 2. The molecule has 1 aliphatic heterocycles. The molecule has 0 saturated heterocycles. The van der Waals surface area contributed by atoms with Crippen molar-refractivity contribution < 1.29 is 14.4 Å². The molecule has 16 heavy (non-hydrogen) atoms. The summed E-state index contributed by atoms with van der Waals surface area (Å²) in [7, 11) is 0. The largest absolute Gasteiger partial charge is 0.455 e. The maximum Gasteiger partial charge on any atom is 0.266 e. The minimum absolute atomic E-state index is 0.455. The molecule has 0 bridgehead atoms. The molecule has 1 aliphatic rings. The van der Waals surface area contributed by atoms with E-state index >= 15 is 0 Å². The smallest absolute Gasteiger partial charge is 0.266 e. The van der Waals surface area contributed by atoms with Gasteiger partial charge in [-0.3, -0.25) is 10.1 Å². The first-order valence-corrected chi connectivity index (χ1v) is 4.63. The second-order valence-electron chi connectivity index (χ2n) is 3.15. The van der Waals surface area contributed by atoms with Gasteiger partial charge in [-0.05, 0) is 11.6 Å². The van der Waals surface area contributed by atoms with Gasteiger partial charge in [-0.2, -0.15) is 0 Å². The zero-order valence-electron chi connectivity index (χ0n) is 8.28. The van der Waals surface area contributed by atoms with Crippen LogP contribution in [0.1, 0.15) is 17.4 Å². The van der Waals surface area contributed by atoms with E-state index in [1.807, 2.05) is 6.07 Å². The highest BCUT2D eigenvalue weighted by Gasteiger charge is 2.14. The summed E-state index contributed by atoms with van der Waals surface area (Å²) in [5.41, 5.74) is 1.55. The van der Waals surface area contributed by atoms with Crippen LogP contribution in [0.3, 0.4) is 0 Å². The fourth-order valence-corrected chi connectivity index (χ4v) is 1.35. The Hall–Kier alpha value is -2.30. The topological polar surface area (TPSA) is 61.6 Å². The lowest BCUT2D eigenvalue weighted by Gasteiger charge is -2.10. The van der Waals surface area contributed by atoms with E-state index in [2.05, 4.69) is 0 Å². The summed E-state index contributed by atoms with van der Waals surface area (Å²) in [6.07, 6.45) is 4.79. The first kappa shape index (κ1) is 10.2. The molecule has 0 aromatic heterocycles. The van der Waals surface area contributed by atoms with Crippen LogP contribution in [0.2, 0.25) is 0 Å². The maximum atomic E-state index is 10.2. The van der Waals surface area contributed by atoms with Crippen molar-refractivity contribution in [3.8, 4) is 0 Å². The van der Waals surface area contributed by atoms with E-state index in [0.29, 0.717) is 0 Å². The summed E-state index contributed by atoms with van der Waals surface area (Å²) in [6, 6.07) is 7.17. The molecule has 5 heteroatoms. The number of nitro groups is 1. The van der Waals surface area contributed by atoms with Crippen molar-refractivity contribution in [1.29, 1.82) is 0 Å². The van der Waals surface area contributed by atoms with Gasteiger partial charge in [-0.15, -0.1) is 0 Å². The Morgan fingerprint density at radius 2 is 2.06 bits per heavy atom. The predicted octanol–water partition coefficient (Wildman–Crippen LogP) is 2.45. The van der Waals surface area contributed by atoms with E-state index in [4.69, 9.17) is 9.47 Å². The van der Waals surface area contributed by atoms with Crippen LogP contribution in [0.5, 0.6) is 0 Å². The summed E-state index contributed by atoms with van der Waals surface area (Å²) < 4.78 is 10.3. The van der Waals surface area contributed by atoms with E-state index in [1.54, 1.807) is 18.2 Å². The molecule has 1 aromatic rings. The molecule has 1 heterocycles. The van der Waals surface area contributed by atoms with E-state index in [1.165, 1.54) is 18.6 Å². The number of nitrogens with zero attached hydrogens (tertiary/aromatic N) is 1. The molecule has 82 valence electrons. The van der Waals surface area contributed by atoms with Crippen molar-refractivity contribution >= 4 is 6.08 Å². The Bertz CT molecular complexity index is 445. The highest BCUT2D eigenvalue weighted by Crippen LogP contribution is 2.24. The number of hydrogen-bond donors (Lipinski definition) is 0. The Morgan fingerprint density at radius 1 is 1.31 bits per heavy atom. The van der Waals surface area contributed by atoms with Crippen LogP contribution < -0.4 is 0 Å². The second-order valence-corrected chi connectivity index (χ2v) is 3.15. The molecule has 0 atom stereocenters. The highest BCUT2D eigenvalue weighted by atomic mass is 16.7. The van der Waals surface area contributed by atoms with E-state index in [0.717, 1.165) is 17.3 Å². The lowest BCUT2D eigenvalue weighted by Crippen LogP contribution is -1.97. The minimum atomic E-state index is -0.503. The number of benzene rings is 1. The van der Waals surface area contributed by atoms with E-state index < -0.39 is 11.2 Å². The van der Waals surface area contributed by atoms with Crippen molar-refractivity contribution in [2.24, 2.45) is 0 Å². The van der Waals surface area contributed by atoms with Gasteiger partial charge in [0, 0.05) is 11.6 Å². The van der Waals surface area contributed by atoms with Crippen molar-refractivity contribution in [3.63, 3.8) is 0 Å². The molecule has 0 fully saturated rings. The third-order valence-electron chi connectivity index (χ3n) is 2.03. The predicted molar refractivity (Wildman–Crippen MR) is 56.5 cm³/mol. The average molecular weight is 219 g/mol. The minimum Gasteiger partial charge on any atom is -0.455 e. The fourth-order valence-electron chi connectivity index (χ4n) is 1.35. The van der Waals surface area contributed by atoms with Crippen LogP contribution in [0.4, 0.5) is 0 Å². The van der Waals surface area contributed by atoms with Crippen molar-refractivity contribution in [3.05, 3.63) is 64.2 Å². The molecule has 0 aliphatic carbocycles. The monoisotopic (exact) mass is 219 g/mol. The van der Waals surface area contributed by atoms with Crippen LogP contribution in [-0.4, -0.2) is 4.92 Å². The third kappa shape index (κ3) is 2.38. The molecule has 0 unspecified atom stereocenters. The van der Waals surface area contributed by atoms with E-state index in [9.17, 15) is 10.1 Å². The molecule has 5 nitrogen and oxygen atoms in total. The van der Waals surface area contributed by atoms with Gasteiger partial charge in [0.05, 0.1) is 4.92 Å². The van der Waals surface area contributed by atoms with Gasteiger partial charge in [-0.1, -0.05) is 18.2 Å². The van der Waals surface area contributed by atoms with E-state index in [-0.39, 0.29) is 0 Å². The lowest BCUT2D eigenvalue weighted by molar-refractivity contribution is -0.400. The SMILES string of the molecule is O=[N+]([O-])C=Cc1cccc(C2OC=CO2)c1. The van der Waals surface area contributed by atoms with Gasteiger partial charge in [0.1, 0.15) is 12.5 Å². The molecule has 0 N–H and O–H groups in total. The Morgan fingerprint density at radius 3 is 2.75 bits per heavy atom.